The molecule has 0 bridgehead atoms. The monoisotopic (exact) mass is 286 g/mol. The molecule has 0 N–H and O–H groups in total. The van der Waals surface area contributed by atoms with Crippen molar-refractivity contribution in [1.29, 1.82) is 0 Å². The van der Waals surface area contributed by atoms with Crippen molar-refractivity contribution in [3.8, 4) is 0 Å². The van der Waals surface area contributed by atoms with Crippen molar-refractivity contribution in [2.75, 3.05) is 6.61 Å². The van der Waals surface area contributed by atoms with E-state index < -0.39 is 0 Å². The third-order valence-electron chi connectivity index (χ3n) is 4.18. The minimum atomic E-state index is 0.371. The van der Waals surface area contributed by atoms with E-state index >= 15 is 0 Å². The molecule has 2 aromatic rings. The van der Waals surface area contributed by atoms with Gasteiger partial charge in [0.1, 0.15) is 0 Å². The second-order valence-corrected chi connectivity index (χ2v) is 5.59. The van der Waals surface area contributed by atoms with Crippen LogP contribution < -0.4 is 0 Å². The van der Waals surface area contributed by atoms with Gasteiger partial charge in [-0.25, -0.2) is 0 Å². The second kappa shape index (κ2) is 6.39. The molecule has 4 heteroatoms. The van der Waals surface area contributed by atoms with Gasteiger partial charge in [-0.1, -0.05) is 36.3 Å². The van der Waals surface area contributed by atoms with Gasteiger partial charge in [-0.05, 0) is 37.3 Å². The van der Waals surface area contributed by atoms with Crippen LogP contribution in [0.5, 0.6) is 0 Å². The van der Waals surface area contributed by atoms with Gasteiger partial charge in [0.15, 0.2) is 5.82 Å². The largest absolute Gasteiger partial charge is 0.378 e. The molecule has 1 aromatic carbocycles. The van der Waals surface area contributed by atoms with Crippen molar-refractivity contribution >= 4 is 0 Å². The van der Waals surface area contributed by atoms with Gasteiger partial charge in [-0.3, -0.25) is 0 Å². The van der Waals surface area contributed by atoms with Crippen molar-refractivity contribution < 1.29 is 9.26 Å². The minimum Gasteiger partial charge on any atom is -0.378 e. The van der Waals surface area contributed by atoms with Gasteiger partial charge in [0.25, 0.3) is 0 Å². The first-order valence-electron chi connectivity index (χ1n) is 7.81. The third-order valence-corrected chi connectivity index (χ3v) is 4.18. The molecule has 0 atom stereocenters. The molecule has 0 amide bonds. The number of aromatic nitrogens is 2. The molecule has 0 aliphatic heterocycles. The maximum Gasteiger partial charge on any atom is 0.229 e. The Labute approximate surface area is 125 Å². The third kappa shape index (κ3) is 3.16. The summed E-state index contributed by atoms with van der Waals surface area (Å²) >= 11 is 0. The first-order chi connectivity index (χ1) is 10.3. The minimum absolute atomic E-state index is 0.371. The van der Waals surface area contributed by atoms with Crippen LogP contribution in [0.3, 0.4) is 0 Å². The molecule has 1 saturated carbocycles. The smallest absolute Gasteiger partial charge is 0.229 e. The van der Waals surface area contributed by atoms with E-state index in [9.17, 15) is 0 Å². The molecule has 0 spiro atoms. The number of benzene rings is 1. The maximum atomic E-state index is 5.57. The van der Waals surface area contributed by atoms with Crippen LogP contribution in [0.15, 0.2) is 28.8 Å². The Morgan fingerprint density at radius 2 is 1.95 bits per heavy atom. The molecular formula is C17H22N2O2. The lowest BCUT2D eigenvalue weighted by molar-refractivity contribution is -0.00961. The Balaban J connectivity index is 1.63. The lowest BCUT2D eigenvalue weighted by atomic mass is 9.82. The number of aryl methyl sites for hydroxylation is 1. The second-order valence-electron chi connectivity index (χ2n) is 5.59. The lowest BCUT2D eigenvalue weighted by Crippen LogP contribution is -2.29. The molecule has 1 aromatic heterocycles. The first-order valence-corrected chi connectivity index (χ1v) is 7.81. The Hall–Kier alpha value is -1.68. The summed E-state index contributed by atoms with van der Waals surface area (Å²) in [6.07, 6.45) is 4.15. The molecule has 112 valence electrons. The van der Waals surface area contributed by atoms with Gasteiger partial charge in [-0.15, -0.1) is 0 Å². The average molecular weight is 286 g/mol. The zero-order chi connectivity index (χ0) is 14.7. The molecule has 1 aliphatic carbocycles. The van der Waals surface area contributed by atoms with Crippen molar-refractivity contribution in [2.24, 2.45) is 0 Å². The number of hydrogen-bond donors (Lipinski definition) is 0. The molecule has 4 nitrogen and oxygen atoms in total. The number of nitrogens with zero attached hydrogens (tertiary/aromatic N) is 2. The molecule has 0 radical (unpaired) electrons. The molecule has 21 heavy (non-hydrogen) atoms. The van der Waals surface area contributed by atoms with Crippen molar-refractivity contribution in [3.63, 3.8) is 0 Å². The summed E-state index contributed by atoms with van der Waals surface area (Å²) in [6, 6.07) is 8.44. The van der Waals surface area contributed by atoms with Gasteiger partial charge in [0.05, 0.1) is 6.10 Å². The van der Waals surface area contributed by atoms with E-state index in [-0.39, 0.29) is 0 Å². The van der Waals surface area contributed by atoms with Crippen molar-refractivity contribution in [2.45, 2.75) is 51.6 Å². The van der Waals surface area contributed by atoms with Crippen LogP contribution in [0.2, 0.25) is 0 Å². The summed E-state index contributed by atoms with van der Waals surface area (Å²) in [5.41, 5.74) is 2.64. The van der Waals surface area contributed by atoms with Gasteiger partial charge in [0, 0.05) is 18.9 Å². The molecule has 1 heterocycles. The van der Waals surface area contributed by atoms with Crippen LogP contribution in [0.25, 0.3) is 0 Å². The number of ether oxygens (including phenoxy) is 1. The van der Waals surface area contributed by atoms with E-state index in [2.05, 4.69) is 41.3 Å². The summed E-state index contributed by atoms with van der Waals surface area (Å²) in [7, 11) is 0. The standard InChI is InChI=1S/C17H22N2O2/c1-3-12-7-5-6-8-13(12)11-16-18-17(21-19-16)14-9-15(10-14)20-4-2/h5-8,14-15H,3-4,9-11H2,1-2H3. The zero-order valence-corrected chi connectivity index (χ0v) is 12.7. The van der Waals surface area contributed by atoms with Crippen LogP contribution >= 0.6 is 0 Å². The molecule has 1 aliphatic rings. The molecule has 3 rings (SSSR count). The normalized spacial score (nSPS) is 21.2. The average Bonchev–Trinajstić information content (AvgIpc) is 2.91. The van der Waals surface area contributed by atoms with Crippen LogP contribution in [-0.4, -0.2) is 22.9 Å². The Bertz CT molecular complexity index is 588. The molecule has 0 unspecified atom stereocenters. The van der Waals surface area contributed by atoms with E-state index in [1.807, 2.05) is 6.92 Å². The summed E-state index contributed by atoms with van der Waals surface area (Å²) in [5.74, 6) is 1.94. The molecule has 1 fully saturated rings. The van der Waals surface area contributed by atoms with Gasteiger partial charge in [0.2, 0.25) is 5.89 Å². The SMILES string of the molecule is CCOC1CC(c2nc(Cc3ccccc3CC)no2)C1. The Kier molecular flexibility index (Phi) is 4.34. The fourth-order valence-electron chi connectivity index (χ4n) is 2.89. The maximum absolute atomic E-state index is 5.57. The van der Waals surface area contributed by atoms with Crippen molar-refractivity contribution in [1.82, 2.24) is 10.1 Å². The zero-order valence-electron chi connectivity index (χ0n) is 12.7. The Morgan fingerprint density at radius 3 is 2.67 bits per heavy atom. The quantitative estimate of drug-likeness (QED) is 0.815. The van der Waals surface area contributed by atoms with E-state index in [1.54, 1.807) is 0 Å². The van der Waals surface area contributed by atoms with Gasteiger partial charge < -0.3 is 9.26 Å². The van der Waals surface area contributed by atoms with Crippen molar-refractivity contribution in [3.05, 3.63) is 47.1 Å². The van der Waals surface area contributed by atoms with Gasteiger partial charge >= 0.3 is 0 Å². The van der Waals surface area contributed by atoms with E-state index in [0.29, 0.717) is 12.0 Å². The van der Waals surface area contributed by atoms with Crippen LogP contribution in [0.1, 0.15) is 55.4 Å². The molecular weight excluding hydrogens is 264 g/mol. The van der Waals surface area contributed by atoms with Gasteiger partial charge in [-0.2, -0.15) is 4.98 Å². The van der Waals surface area contributed by atoms with E-state index in [4.69, 9.17) is 9.26 Å². The van der Waals surface area contributed by atoms with Crippen LogP contribution in [0, 0.1) is 0 Å². The number of rotatable bonds is 6. The van der Waals surface area contributed by atoms with Crippen LogP contribution in [-0.2, 0) is 17.6 Å². The van der Waals surface area contributed by atoms with E-state index in [1.165, 1.54) is 11.1 Å². The highest BCUT2D eigenvalue weighted by Gasteiger charge is 2.34. The van der Waals surface area contributed by atoms with Crippen LogP contribution in [0.4, 0.5) is 0 Å². The summed E-state index contributed by atoms with van der Waals surface area (Å²) in [6.45, 7) is 4.98. The Morgan fingerprint density at radius 1 is 1.19 bits per heavy atom. The fourth-order valence-corrected chi connectivity index (χ4v) is 2.89. The highest BCUT2D eigenvalue weighted by atomic mass is 16.5. The summed E-state index contributed by atoms with van der Waals surface area (Å²) in [5, 5.41) is 4.13. The fraction of sp³-hybridized carbons (Fsp3) is 0.529. The summed E-state index contributed by atoms with van der Waals surface area (Å²) < 4.78 is 11.0. The predicted molar refractivity (Wildman–Crippen MR) is 80.3 cm³/mol. The lowest BCUT2D eigenvalue weighted by Gasteiger charge is -2.32. The number of hydrogen-bond acceptors (Lipinski definition) is 4. The highest BCUT2D eigenvalue weighted by Crippen LogP contribution is 2.37. The summed E-state index contributed by atoms with van der Waals surface area (Å²) in [4.78, 5) is 4.56. The first kappa shape index (κ1) is 14.3. The van der Waals surface area contributed by atoms with E-state index in [0.717, 1.165) is 44.0 Å². The topological polar surface area (TPSA) is 48.2 Å². The highest BCUT2D eigenvalue weighted by molar-refractivity contribution is 5.29. The molecule has 0 saturated heterocycles. The predicted octanol–water partition coefficient (Wildman–Crippen LogP) is 3.51.